The number of halogens is 1. The van der Waals surface area contributed by atoms with Crippen molar-refractivity contribution < 1.29 is 8.42 Å². The number of benzene rings is 1. The molecule has 0 unspecified atom stereocenters. The topological polar surface area (TPSA) is 46.2 Å². The van der Waals surface area contributed by atoms with E-state index >= 15 is 0 Å². The first kappa shape index (κ1) is 10.3. The molecule has 0 amide bonds. The van der Waals surface area contributed by atoms with Crippen LogP contribution in [0.15, 0.2) is 24.3 Å². The standard InChI is InChI=1S/C8H10ClNO2S/c1-2-7-5-3-4-6-8(7)10-13(9,11)12/h3-6,10H,2H2,1H3. The van der Waals surface area contributed by atoms with Crippen molar-refractivity contribution in [1.29, 1.82) is 0 Å². The number of anilines is 1. The highest BCUT2D eigenvalue weighted by Gasteiger charge is 2.06. The van der Waals surface area contributed by atoms with Crippen molar-refractivity contribution in [2.45, 2.75) is 13.3 Å². The second-order valence-electron chi connectivity index (χ2n) is 2.55. The first-order valence-electron chi connectivity index (χ1n) is 3.83. The summed E-state index contributed by atoms with van der Waals surface area (Å²) in [7, 11) is 1.37. The van der Waals surface area contributed by atoms with Crippen molar-refractivity contribution >= 4 is 25.6 Å². The Morgan fingerprint density at radius 3 is 2.54 bits per heavy atom. The number of para-hydroxylation sites is 1. The maximum Gasteiger partial charge on any atom is 0.319 e. The van der Waals surface area contributed by atoms with E-state index in [9.17, 15) is 8.42 Å². The quantitative estimate of drug-likeness (QED) is 0.792. The summed E-state index contributed by atoms with van der Waals surface area (Å²) in [5.41, 5.74) is 1.46. The number of hydrogen-bond donors (Lipinski definition) is 1. The Bertz CT molecular complexity index is 389. The summed E-state index contributed by atoms with van der Waals surface area (Å²) in [6.45, 7) is 1.95. The van der Waals surface area contributed by atoms with Gasteiger partial charge in [0, 0.05) is 10.7 Å². The molecule has 3 nitrogen and oxygen atoms in total. The molecule has 0 spiro atoms. The van der Waals surface area contributed by atoms with Gasteiger partial charge in [-0.15, -0.1) is 0 Å². The summed E-state index contributed by atoms with van der Waals surface area (Å²) in [6, 6.07) is 7.14. The summed E-state index contributed by atoms with van der Waals surface area (Å²) in [5, 5.41) is 0. The Morgan fingerprint density at radius 2 is 2.00 bits per heavy atom. The molecular formula is C8H10ClNO2S. The molecule has 1 aromatic carbocycles. The molecule has 13 heavy (non-hydrogen) atoms. The monoisotopic (exact) mass is 219 g/mol. The molecule has 0 atom stereocenters. The lowest BCUT2D eigenvalue weighted by molar-refractivity contribution is 0.614. The van der Waals surface area contributed by atoms with Crippen LogP contribution in [-0.4, -0.2) is 8.42 Å². The van der Waals surface area contributed by atoms with Gasteiger partial charge in [0.2, 0.25) is 0 Å². The second kappa shape index (κ2) is 3.98. The fraction of sp³-hybridized carbons (Fsp3) is 0.250. The molecule has 5 heteroatoms. The molecule has 0 saturated carbocycles. The smallest absolute Gasteiger partial charge is 0.271 e. The Morgan fingerprint density at radius 1 is 1.38 bits per heavy atom. The third-order valence-corrected chi connectivity index (χ3v) is 2.33. The zero-order valence-corrected chi connectivity index (χ0v) is 8.69. The molecule has 0 aliphatic rings. The molecule has 0 bridgehead atoms. The van der Waals surface area contributed by atoms with Gasteiger partial charge in [0.1, 0.15) is 0 Å². The highest BCUT2D eigenvalue weighted by molar-refractivity contribution is 8.14. The number of nitrogens with one attached hydrogen (secondary N) is 1. The number of aryl methyl sites for hydroxylation is 1. The predicted octanol–water partition coefficient (Wildman–Crippen LogP) is 2.14. The van der Waals surface area contributed by atoms with Crippen LogP contribution in [-0.2, 0) is 15.7 Å². The number of hydrogen-bond acceptors (Lipinski definition) is 2. The van der Waals surface area contributed by atoms with Gasteiger partial charge in [-0.25, -0.2) is 0 Å². The average Bonchev–Trinajstić information content (AvgIpc) is 2.02. The molecule has 1 aromatic rings. The van der Waals surface area contributed by atoms with Gasteiger partial charge in [-0.2, -0.15) is 8.42 Å². The van der Waals surface area contributed by atoms with Crippen LogP contribution >= 0.6 is 10.7 Å². The Balaban J connectivity index is 3.01. The molecular weight excluding hydrogens is 210 g/mol. The minimum atomic E-state index is -3.69. The first-order chi connectivity index (χ1) is 6.03. The van der Waals surface area contributed by atoms with Gasteiger partial charge >= 0.3 is 9.24 Å². The summed E-state index contributed by atoms with van der Waals surface area (Å²) in [6.07, 6.45) is 0.760. The largest absolute Gasteiger partial charge is 0.319 e. The van der Waals surface area contributed by atoms with Gasteiger partial charge in [-0.1, -0.05) is 25.1 Å². The zero-order valence-electron chi connectivity index (χ0n) is 7.12. The van der Waals surface area contributed by atoms with E-state index < -0.39 is 9.24 Å². The van der Waals surface area contributed by atoms with Crippen molar-refractivity contribution in [3.05, 3.63) is 29.8 Å². The third-order valence-electron chi connectivity index (χ3n) is 1.63. The van der Waals surface area contributed by atoms with E-state index in [0.717, 1.165) is 12.0 Å². The van der Waals surface area contributed by atoms with E-state index in [-0.39, 0.29) is 0 Å². The molecule has 1 rings (SSSR count). The van der Waals surface area contributed by atoms with E-state index in [1.54, 1.807) is 12.1 Å². The van der Waals surface area contributed by atoms with Crippen LogP contribution in [0.5, 0.6) is 0 Å². The lowest BCUT2D eigenvalue weighted by Crippen LogP contribution is -2.06. The highest BCUT2D eigenvalue weighted by atomic mass is 35.7. The van der Waals surface area contributed by atoms with Gasteiger partial charge < -0.3 is 0 Å². The van der Waals surface area contributed by atoms with Gasteiger partial charge in [0.05, 0.1) is 5.69 Å². The van der Waals surface area contributed by atoms with Gasteiger partial charge in [-0.3, -0.25) is 4.72 Å². The molecule has 1 N–H and O–H groups in total. The van der Waals surface area contributed by atoms with E-state index in [1.807, 2.05) is 19.1 Å². The Hall–Kier alpha value is -0.740. The summed E-state index contributed by atoms with van der Waals surface area (Å²) >= 11 is 0. The first-order valence-corrected chi connectivity index (χ1v) is 6.14. The zero-order chi connectivity index (χ0) is 9.90. The van der Waals surface area contributed by atoms with Gasteiger partial charge in [-0.05, 0) is 18.1 Å². The SMILES string of the molecule is CCc1ccccc1NS(=O)(=O)Cl. The van der Waals surface area contributed by atoms with Crippen LogP contribution in [0, 0.1) is 0 Å². The third kappa shape index (κ3) is 3.24. The van der Waals surface area contributed by atoms with Crippen LogP contribution in [0.2, 0.25) is 0 Å². The average molecular weight is 220 g/mol. The Kier molecular flexibility index (Phi) is 3.17. The van der Waals surface area contributed by atoms with E-state index in [4.69, 9.17) is 10.7 Å². The van der Waals surface area contributed by atoms with Crippen molar-refractivity contribution in [1.82, 2.24) is 0 Å². The second-order valence-corrected chi connectivity index (χ2v) is 4.85. The van der Waals surface area contributed by atoms with Crippen LogP contribution in [0.3, 0.4) is 0 Å². The maximum atomic E-state index is 10.7. The van der Waals surface area contributed by atoms with Crippen LogP contribution in [0.1, 0.15) is 12.5 Å². The molecule has 0 aliphatic carbocycles. The summed E-state index contributed by atoms with van der Waals surface area (Å²) < 4.78 is 23.7. The van der Waals surface area contributed by atoms with Crippen LogP contribution < -0.4 is 4.72 Å². The fourth-order valence-electron chi connectivity index (χ4n) is 1.06. The fourth-order valence-corrected chi connectivity index (χ4v) is 1.77. The van der Waals surface area contributed by atoms with Crippen molar-refractivity contribution in [3.63, 3.8) is 0 Å². The van der Waals surface area contributed by atoms with Crippen LogP contribution in [0.4, 0.5) is 5.69 Å². The maximum absolute atomic E-state index is 10.7. The lowest BCUT2D eigenvalue weighted by atomic mass is 10.1. The highest BCUT2D eigenvalue weighted by Crippen LogP contribution is 2.17. The summed E-state index contributed by atoms with van der Waals surface area (Å²) in [4.78, 5) is 0. The predicted molar refractivity (Wildman–Crippen MR) is 54.2 cm³/mol. The molecule has 0 radical (unpaired) electrons. The molecule has 72 valence electrons. The van der Waals surface area contributed by atoms with Crippen molar-refractivity contribution in [3.8, 4) is 0 Å². The molecule has 0 fully saturated rings. The van der Waals surface area contributed by atoms with Crippen LogP contribution in [0.25, 0.3) is 0 Å². The van der Waals surface area contributed by atoms with Crippen molar-refractivity contribution in [2.75, 3.05) is 4.72 Å². The van der Waals surface area contributed by atoms with Gasteiger partial charge in [0.25, 0.3) is 0 Å². The van der Waals surface area contributed by atoms with E-state index in [2.05, 4.69) is 4.72 Å². The number of rotatable bonds is 3. The molecule has 0 heterocycles. The minimum Gasteiger partial charge on any atom is -0.271 e. The molecule has 0 aliphatic heterocycles. The normalized spacial score (nSPS) is 11.2. The molecule has 0 saturated heterocycles. The van der Waals surface area contributed by atoms with Gasteiger partial charge in [0.15, 0.2) is 0 Å². The summed E-state index contributed by atoms with van der Waals surface area (Å²) in [5.74, 6) is 0. The van der Waals surface area contributed by atoms with Crippen molar-refractivity contribution in [2.24, 2.45) is 0 Å². The minimum absolute atomic E-state index is 0.542. The van der Waals surface area contributed by atoms with E-state index in [0.29, 0.717) is 5.69 Å². The molecule has 0 aromatic heterocycles. The Labute approximate surface area is 82.3 Å². The van der Waals surface area contributed by atoms with E-state index in [1.165, 1.54) is 0 Å². The lowest BCUT2D eigenvalue weighted by Gasteiger charge is -2.06.